The van der Waals surface area contributed by atoms with E-state index in [0.29, 0.717) is 48.1 Å². The van der Waals surface area contributed by atoms with Gasteiger partial charge >= 0.3 is 5.97 Å². The molecule has 222 valence electrons. The normalized spacial score (nSPS) is 29.0. The molecule has 1 aromatic heterocycles. The number of ether oxygens (including phenoxy) is 1. The van der Waals surface area contributed by atoms with Crippen LogP contribution >= 0.6 is 11.6 Å². The van der Waals surface area contributed by atoms with Crippen LogP contribution in [-0.4, -0.2) is 28.2 Å². The molecular formula is C36H43ClN2O3. The summed E-state index contributed by atoms with van der Waals surface area (Å²) in [5.74, 6) is 2.17. The van der Waals surface area contributed by atoms with Crippen LogP contribution in [0, 0.1) is 17.8 Å². The number of carbonyl (C=O) groups is 1. The van der Waals surface area contributed by atoms with E-state index < -0.39 is 11.5 Å². The topological polar surface area (TPSA) is 71.5 Å². The lowest BCUT2D eigenvalue weighted by atomic mass is 9.59. The van der Waals surface area contributed by atoms with Gasteiger partial charge in [0.25, 0.3) is 0 Å². The summed E-state index contributed by atoms with van der Waals surface area (Å²) in [6.45, 7) is 7.59. The summed E-state index contributed by atoms with van der Waals surface area (Å²) >= 11 is 6.22. The highest BCUT2D eigenvalue weighted by Gasteiger charge is 2.54. The van der Waals surface area contributed by atoms with Crippen LogP contribution in [0.5, 0.6) is 5.75 Å². The molecule has 0 bridgehead atoms. The number of pyridine rings is 1. The molecule has 0 amide bonds. The molecule has 3 aromatic rings. The summed E-state index contributed by atoms with van der Waals surface area (Å²) in [5.41, 5.74) is 5.10. The molecule has 6 rings (SSSR count). The van der Waals surface area contributed by atoms with Crippen molar-refractivity contribution in [2.45, 2.75) is 89.0 Å². The van der Waals surface area contributed by atoms with Gasteiger partial charge in [-0.25, -0.2) is 4.79 Å². The Morgan fingerprint density at radius 1 is 1.10 bits per heavy atom. The molecule has 0 radical (unpaired) electrons. The second-order valence-electron chi connectivity index (χ2n) is 13.5. The highest BCUT2D eigenvalue weighted by molar-refractivity contribution is 6.30. The van der Waals surface area contributed by atoms with E-state index in [1.165, 1.54) is 28.8 Å². The Balaban J connectivity index is 1.19. The molecule has 3 aliphatic carbocycles. The molecule has 1 spiro atoms. The molecule has 4 atom stereocenters. The number of hydrogen-bond donors (Lipinski definition) is 2. The van der Waals surface area contributed by atoms with Crippen molar-refractivity contribution < 1.29 is 14.6 Å². The number of carboxylic acid groups (broad SMARTS) is 1. The molecular weight excluding hydrogens is 544 g/mol. The van der Waals surface area contributed by atoms with E-state index in [1.54, 1.807) is 0 Å². The number of aromatic nitrogens is 1. The number of nitrogens with one attached hydrogen (secondary N) is 1. The Hall–Kier alpha value is -3.05. The fourth-order valence-electron chi connectivity index (χ4n) is 8.44. The van der Waals surface area contributed by atoms with Gasteiger partial charge in [-0.2, -0.15) is 0 Å². The van der Waals surface area contributed by atoms with Crippen LogP contribution in [-0.2, 0) is 23.1 Å². The summed E-state index contributed by atoms with van der Waals surface area (Å²) in [7, 11) is 0. The molecule has 6 heteroatoms. The first-order chi connectivity index (χ1) is 20.2. The van der Waals surface area contributed by atoms with Crippen molar-refractivity contribution in [2.24, 2.45) is 17.8 Å². The van der Waals surface area contributed by atoms with Crippen molar-refractivity contribution in [1.29, 1.82) is 0 Å². The molecule has 2 N–H and O–H groups in total. The summed E-state index contributed by atoms with van der Waals surface area (Å²) in [6.07, 6.45) is 9.04. The zero-order valence-corrected chi connectivity index (χ0v) is 25.8. The van der Waals surface area contributed by atoms with Crippen molar-refractivity contribution in [1.82, 2.24) is 4.98 Å². The first-order valence-corrected chi connectivity index (χ1v) is 16.0. The smallest absolute Gasteiger partial charge is 0.329 e. The number of rotatable bonds is 8. The molecule has 0 unspecified atom stereocenters. The third-order valence-corrected chi connectivity index (χ3v) is 10.7. The molecule has 1 heterocycles. The average Bonchev–Trinajstić information content (AvgIpc) is 3.25. The second kappa shape index (κ2) is 11.6. The van der Waals surface area contributed by atoms with Gasteiger partial charge in [0.1, 0.15) is 11.3 Å². The molecule has 1 fully saturated rings. The van der Waals surface area contributed by atoms with Crippen LogP contribution in [0.2, 0.25) is 5.02 Å². The maximum absolute atomic E-state index is 12.7. The van der Waals surface area contributed by atoms with E-state index >= 15 is 0 Å². The summed E-state index contributed by atoms with van der Waals surface area (Å²) in [6, 6.07) is 18.3. The van der Waals surface area contributed by atoms with Crippen molar-refractivity contribution in [3.8, 4) is 5.75 Å². The van der Waals surface area contributed by atoms with Crippen LogP contribution in [0.15, 0.2) is 60.8 Å². The third kappa shape index (κ3) is 5.41. The number of hydrogen-bond acceptors (Lipinski definition) is 4. The number of benzene rings is 2. The number of fused-ring (bicyclic) bond motifs is 3. The molecule has 42 heavy (non-hydrogen) atoms. The average molecular weight is 587 g/mol. The van der Waals surface area contributed by atoms with E-state index in [2.05, 4.69) is 50.4 Å². The second-order valence-corrected chi connectivity index (χ2v) is 13.9. The monoisotopic (exact) mass is 586 g/mol. The first kappa shape index (κ1) is 29.0. The largest absolute Gasteiger partial charge is 0.493 e. The molecule has 3 aliphatic rings. The van der Waals surface area contributed by atoms with Gasteiger partial charge in [0, 0.05) is 28.2 Å². The van der Waals surface area contributed by atoms with Crippen molar-refractivity contribution in [2.75, 3.05) is 11.9 Å². The lowest BCUT2D eigenvalue weighted by molar-refractivity contribution is -0.144. The molecule has 5 nitrogen and oxygen atoms in total. The quantitative estimate of drug-likeness (QED) is 0.277. The molecule has 0 saturated heterocycles. The van der Waals surface area contributed by atoms with E-state index in [-0.39, 0.29) is 5.41 Å². The van der Waals surface area contributed by atoms with E-state index in [9.17, 15) is 9.90 Å². The van der Waals surface area contributed by atoms with E-state index in [4.69, 9.17) is 21.3 Å². The molecule has 0 aliphatic heterocycles. The molecule has 1 saturated carbocycles. The number of halogens is 1. The summed E-state index contributed by atoms with van der Waals surface area (Å²) in [4.78, 5) is 17.4. The van der Waals surface area contributed by atoms with Gasteiger partial charge in [-0.1, -0.05) is 62.7 Å². The number of anilines is 1. The van der Waals surface area contributed by atoms with Gasteiger partial charge in [0.05, 0.1) is 6.61 Å². The predicted molar refractivity (Wildman–Crippen MR) is 169 cm³/mol. The van der Waals surface area contributed by atoms with Gasteiger partial charge in [-0.05, 0) is 116 Å². The maximum atomic E-state index is 12.7. The standard InChI is InChI=1S/C36H43ClN2O3/c1-23-17-25(3)33-31(19-23)38-16-11-32(33)42-22-24(2)18-27-20-26-7-4-5-10-30(26)35(27)12-14-36(15-13-35,34(40)41)39-29-9-6-8-28(37)21-29/h4-11,16,21,23-25,27,39H,12-15,17-20,22H2,1-3H3,(H,40,41)/t23-,24+,25+,27-,35?,36?/m0/s1. The van der Waals surface area contributed by atoms with Gasteiger partial charge in [-0.15, -0.1) is 0 Å². The van der Waals surface area contributed by atoms with Crippen LogP contribution in [0.3, 0.4) is 0 Å². The Morgan fingerprint density at radius 2 is 1.88 bits per heavy atom. The van der Waals surface area contributed by atoms with Gasteiger partial charge in [-0.3, -0.25) is 4.98 Å². The maximum Gasteiger partial charge on any atom is 0.329 e. The minimum absolute atomic E-state index is 0.0136. The Kier molecular flexibility index (Phi) is 7.99. The summed E-state index contributed by atoms with van der Waals surface area (Å²) in [5, 5.41) is 14.4. The first-order valence-electron chi connectivity index (χ1n) is 15.7. The highest BCUT2D eigenvalue weighted by atomic mass is 35.5. The zero-order chi connectivity index (χ0) is 29.5. The minimum atomic E-state index is -0.999. The van der Waals surface area contributed by atoms with E-state index in [1.807, 2.05) is 36.5 Å². The lowest BCUT2D eigenvalue weighted by Gasteiger charge is -2.47. The van der Waals surface area contributed by atoms with Crippen molar-refractivity contribution >= 4 is 23.3 Å². The predicted octanol–water partition coefficient (Wildman–Crippen LogP) is 8.45. The SMILES string of the molecule is C[C@@H]1Cc2nccc(OC[C@H](C)C[C@H]3Cc4ccccc4C34CCC(Nc3cccc(Cl)c3)(C(=O)O)CC4)c2[C@H](C)C1. The fourth-order valence-corrected chi connectivity index (χ4v) is 8.63. The third-order valence-electron chi connectivity index (χ3n) is 10.4. The molecule has 2 aromatic carbocycles. The van der Waals surface area contributed by atoms with Gasteiger partial charge in [0.15, 0.2) is 0 Å². The zero-order valence-electron chi connectivity index (χ0n) is 25.0. The van der Waals surface area contributed by atoms with Crippen LogP contribution in [0.25, 0.3) is 0 Å². The highest BCUT2D eigenvalue weighted by Crippen LogP contribution is 2.56. The number of carboxylic acids is 1. The lowest BCUT2D eigenvalue weighted by Crippen LogP contribution is -2.53. The van der Waals surface area contributed by atoms with Crippen LogP contribution in [0.4, 0.5) is 5.69 Å². The van der Waals surface area contributed by atoms with Crippen molar-refractivity contribution in [3.63, 3.8) is 0 Å². The van der Waals surface area contributed by atoms with Gasteiger partial charge < -0.3 is 15.2 Å². The van der Waals surface area contributed by atoms with Crippen LogP contribution < -0.4 is 10.1 Å². The van der Waals surface area contributed by atoms with Crippen LogP contribution in [0.1, 0.15) is 87.6 Å². The van der Waals surface area contributed by atoms with E-state index in [0.717, 1.165) is 43.5 Å². The Bertz CT molecular complexity index is 1450. The Labute approximate surface area is 255 Å². The minimum Gasteiger partial charge on any atom is -0.493 e. The van der Waals surface area contributed by atoms with Crippen molar-refractivity contribution in [3.05, 3.63) is 88.2 Å². The van der Waals surface area contributed by atoms with Gasteiger partial charge in [0.2, 0.25) is 0 Å². The Morgan fingerprint density at radius 3 is 2.64 bits per heavy atom. The number of aliphatic carboxylic acids is 1. The summed E-state index contributed by atoms with van der Waals surface area (Å²) < 4.78 is 6.54. The fraction of sp³-hybridized carbons (Fsp3) is 0.500. The number of nitrogens with zero attached hydrogens (tertiary/aromatic N) is 1.